The van der Waals surface area contributed by atoms with Gasteiger partial charge in [0, 0.05) is 18.9 Å². The van der Waals surface area contributed by atoms with Crippen molar-refractivity contribution in [1.82, 2.24) is 20.0 Å². The minimum atomic E-state index is 0.823. The molecule has 1 N–H and O–H groups in total. The molecule has 0 unspecified atom stereocenters. The Hall–Kier alpha value is -2.43. The minimum absolute atomic E-state index is 0.823. The molecule has 2 aromatic heterocycles. The Morgan fingerprint density at radius 2 is 2.06 bits per heavy atom. The molecule has 0 aliphatic carbocycles. The third kappa shape index (κ3) is 1.90. The number of anilines is 2. The lowest BCUT2D eigenvalue weighted by molar-refractivity contribution is 0.736. The number of rotatable bonds is 2. The van der Waals surface area contributed by atoms with Crippen LogP contribution in [0.1, 0.15) is 5.56 Å². The van der Waals surface area contributed by atoms with Crippen molar-refractivity contribution in [3.63, 3.8) is 0 Å². The number of nitrogens with zero attached hydrogens (tertiary/aromatic N) is 4. The van der Waals surface area contributed by atoms with Gasteiger partial charge in [-0.25, -0.2) is 9.67 Å². The fourth-order valence-corrected chi connectivity index (χ4v) is 1.81. The van der Waals surface area contributed by atoms with Crippen LogP contribution in [-0.4, -0.2) is 20.0 Å². The highest BCUT2D eigenvalue weighted by Gasteiger charge is 2.02. The first kappa shape index (κ1) is 10.7. The van der Waals surface area contributed by atoms with Crippen molar-refractivity contribution in [3.8, 4) is 0 Å². The van der Waals surface area contributed by atoms with E-state index < -0.39 is 0 Å². The summed E-state index contributed by atoms with van der Waals surface area (Å²) in [6, 6.07) is 9.93. The lowest BCUT2D eigenvalue weighted by Crippen LogP contribution is -1.93. The van der Waals surface area contributed by atoms with E-state index in [1.165, 1.54) is 0 Å². The molecule has 3 aromatic rings. The first-order valence-electron chi connectivity index (χ1n) is 5.71. The molecule has 0 fully saturated rings. The maximum atomic E-state index is 4.31. The highest BCUT2D eigenvalue weighted by molar-refractivity contribution is 5.79. The standard InChI is InChI=1S/C13H13N5/c1-9-3-6-13(14-8-9)15-10-4-5-12-11(7-10)16-17-18(12)2/h3-8H,1-2H3,(H,14,15). The summed E-state index contributed by atoms with van der Waals surface area (Å²) in [6.45, 7) is 2.02. The second-order valence-electron chi connectivity index (χ2n) is 4.26. The quantitative estimate of drug-likeness (QED) is 0.746. The monoisotopic (exact) mass is 239 g/mol. The van der Waals surface area contributed by atoms with Gasteiger partial charge in [-0.15, -0.1) is 5.10 Å². The maximum absolute atomic E-state index is 4.31. The SMILES string of the molecule is Cc1ccc(Nc2ccc3c(c2)nnn3C)nc1. The Bertz CT molecular complexity index is 684. The predicted molar refractivity (Wildman–Crippen MR) is 70.8 cm³/mol. The Kier molecular flexibility index (Phi) is 2.44. The van der Waals surface area contributed by atoms with Crippen LogP contribution in [0, 0.1) is 6.92 Å². The van der Waals surface area contributed by atoms with Gasteiger partial charge in [0.2, 0.25) is 0 Å². The molecular formula is C13H13N5. The Morgan fingerprint density at radius 3 is 2.83 bits per heavy atom. The normalized spacial score (nSPS) is 10.8. The molecule has 0 spiro atoms. The molecule has 0 radical (unpaired) electrons. The van der Waals surface area contributed by atoms with Crippen molar-refractivity contribution in [2.45, 2.75) is 6.92 Å². The fourth-order valence-electron chi connectivity index (χ4n) is 1.81. The summed E-state index contributed by atoms with van der Waals surface area (Å²) in [7, 11) is 1.88. The summed E-state index contributed by atoms with van der Waals surface area (Å²) in [5.41, 5.74) is 3.98. The summed E-state index contributed by atoms with van der Waals surface area (Å²) in [6.07, 6.45) is 1.84. The number of aromatic nitrogens is 4. The second-order valence-corrected chi connectivity index (χ2v) is 4.26. The number of fused-ring (bicyclic) bond motifs is 1. The lowest BCUT2D eigenvalue weighted by Gasteiger charge is -2.05. The molecular weight excluding hydrogens is 226 g/mol. The average Bonchev–Trinajstić information content (AvgIpc) is 2.74. The van der Waals surface area contributed by atoms with Gasteiger partial charge in [0.15, 0.2) is 0 Å². The van der Waals surface area contributed by atoms with Crippen LogP contribution in [0.4, 0.5) is 11.5 Å². The topological polar surface area (TPSA) is 55.6 Å². The molecule has 18 heavy (non-hydrogen) atoms. The van der Waals surface area contributed by atoms with E-state index in [4.69, 9.17) is 0 Å². The zero-order valence-corrected chi connectivity index (χ0v) is 10.3. The van der Waals surface area contributed by atoms with E-state index in [9.17, 15) is 0 Å². The van der Waals surface area contributed by atoms with Crippen molar-refractivity contribution in [2.75, 3.05) is 5.32 Å². The van der Waals surface area contributed by atoms with Gasteiger partial charge in [0.05, 0.1) is 5.52 Å². The van der Waals surface area contributed by atoms with E-state index in [2.05, 4.69) is 20.6 Å². The fraction of sp³-hybridized carbons (Fsp3) is 0.154. The zero-order valence-electron chi connectivity index (χ0n) is 10.3. The minimum Gasteiger partial charge on any atom is -0.340 e. The first-order chi connectivity index (χ1) is 8.72. The van der Waals surface area contributed by atoms with Gasteiger partial charge in [-0.3, -0.25) is 0 Å². The van der Waals surface area contributed by atoms with E-state index in [-0.39, 0.29) is 0 Å². The van der Waals surface area contributed by atoms with Gasteiger partial charge in [0.25, 0.3) is 0 Å². The molecule has 0 aliphatic heterocycles. The number of benzene rings is 1. The van der Waals surface area contributed by atoms with E-state index >= 15 is 0 Å². The van der Waals surface area contributed by atoms with E-state index in [0.29, 0.717) is 0 Å². The third-order valence-corrected chi connectivity index (χ3v) is 2.79. The largest absolute Gasteiger partial charge is 0.340 e. The van der Waals surface area contributed by atoms with Crippen LogP contribution < -0.4 is 5.32 Å². The maximum Gasteiger partial charge on any atom is 0.130 e. The molecule has 0 amide bonds. The van der Waals surface area contributed by atoms with Gasteiger partial charge < -0.3 is 5.32 Å². The average molecular weight is 239 g/mol. The Balaban J connectivity index is 1.92. The molecule has 3 rings (SSSR count). The van der Waals surface area contributed by atoms with Crippen molar-refractivity contribution in [3.05, 3.63) is 42.1 Å². The summed E-state index contributed by atoms with van der Waals surface area (Å²) in [5, 5.41) is 11.3. The molecule has 0 aliphatic rings. The molecule has 0 saturated carbocycles. The molecule has 5 nitrogen and oxygen atoms in total. The van der Waals surface area contributed by atoms with Crippen LogP contribution in [0.15, 0.2) is 36.5 Å². The van der Waals surface area contributed by atoms with Crippen molar-refractivity contribution in [2.24, 2.45) is 7.05 Å². The number of nitrogens with one attached hydrogen (secondary N) is 1. The third-order valence-electron chi connectivity index (χ3n) is 2.79. The van der Waals surface area contributed by atoms with E-state index in [1.807, 2.05) is 50.5 Å². The summed E-state index contributed by atoms with van der Waals surface area (Å²) in [4.78, 5) is 4.31. The van der Waals surface area contributed by atoms with Crippen LogP contribution >= 0.6 is 0 Å². The van der Waals surface area contributed by atoms with Crippen LogP contribution in [0.5, 0.6) is 0 Å². The molecule has 2 heterocycles. The summed E-state index contributed by atoms with van der Waals surface area (Å²) >= 11 is 0. The summed E-state index contributed by atoms with van der Waals surface area (Å²) in [5.74, 6) is 0.823. The Morgan fingerprint density at radius 1 is 1.17 bits per heavy atom. The van der Waals surface area contributed by atoms with E-state index in [0.717, 1.165) is 28.1 Å². The van der Waals surface area contributed by atoms with Gasteiger partial charge in [-0.1, -0.05) is 11.3 Å². The van der Waals surface area contributed by atoms with Gasteiger partial charge in [0.1, 0.15) is 11.3 Å². The Labute approximate surface area is 104 Å². The number of hydrogen-bond acceptors (Lipinski definition) is 4. The smallest absolute Gasteiger partial charge is 0.130 e. The van der Waals surface area contributed by atoms with Crippen LogP contribution in [0.3, 0.4) is 0 Å². The zero-order chi connectivity index (χ0) is 12.5. The van der Waals surface area contributed by atoms with Crippen molar-refractivity contribution in [1.29, 1.82) is 0 Å². The number of hydrogen-bond donors (Lipinski definition) is 1. The van der Waals surface area contributed by atoms with Crippen LogP contribution in [0.25, 0.3) is 11.0 Å². The predicted octanol–water partition coefficient (Wildman–Crippen LogP) is 2.42. The molecule has 90 valence electrons. The van der Waals surface area contributed by atoms with Gasteiger partial charge in [-0.2, -0.15) is 0 Å². The molecule has 0 atom stereocenters. The molecule has 0 bridgehead atoms. The second kappa shape index (κ2) is 4.10. The highest BCUT2D eigenvalue weighted by Crippen LogP contribution is 2.19. The van der Waals surface area contributed by atoms with Gasteiger partial charge in [-0.05, 0) is 36.8 Å². The van der Waals surface area contributed by atoms with E-state index in [1.54, 1.807) is 4.68 Å². The number of aryl methyl sites for hydroxylation is 2. The number of pyridine rings is 1. The van der Waals surface area contributed by atoms with Crippen LogP contribution in [0.2, 0.25) is 0 Å². The molecule has 5 heteroatoms. The summed E-state index contributed by atoms with van der Waals surface area (Å²) < 4.78 is 1.75. The molecule has 1 aromatic carbocycles. The lowest BCUT2D eigenvalue weighted by atomic mass is 10.2. The van der Waals surface area contributed by atoms with Gasteiger partial charge >= 0.3 is 0 Å². The van der Waals surface area contributed by atoms with Crippen molar-refractivity contribution >= 4 is 22.5 Å². The van der Waals surface area contributed by atoms with Crippen molar-refractivity contribution < 1.29 is 0 Å². The molecule has 0 saturated heterocycles. The van der Waals surface area contributed by atoms with Crippen LogP contribution in [-0.2, 0) is 7.05 Å². The highest BCUT2D eigenvalue weighted by atomic mass is 15.4. The first-order valence-corrected chi connectivity index (χ1v) is 5.71.